The van der Waals surface area contributed by atoms with Crippen molar-refractivity contribution in [1.29, 1.82) is 0 Å². The second-order valence-corrected chi connectivity index (χ2v) is 4.50. The number of aliphatic hydroxyl groups excluding tert-OH is 2. The fraction of sp³-hybridized carbons (Fsp3) is 0.385. The maximum atomic E-state index is 11.3. The Kier molecular flexibility index (Phi) is 5.47. The molecular formula is C13H15ClO5. The van der Waals surface area contributed by atoms with Gasteiger partial charge in [0.25, 0.3) is 0 Å². The summed E-state index contributed by atoms with van der Waals surface area (Å²) >= 11 is 5.84. The molecule has 0 saturated heterocycles. The third kappa shape index (κ3) is 4.02. The van der Waals surface area contributed by atoms with E-state index in [-0.39, 0.29) is 22.8 Å². The molecule has 0 aliphatic carbocycles. The van der Waals surface area contributed by atoms with Crippen molar-refractivity contribution in [1.82, 2.24) is 0 Å². The molecule has 2 unspecified atom stereocenters. The Morgan fingerprint density at radius 3 is 2.53 bits per heavy atom. The van der Waals surface area contributed by atoms with Crippen LogP contribution in [0.3, 0.4) is 0 Å². The molecule has 0 amide bonds. The number of Topliss-reactive ketones (excluding diaryl/α,β-unsaturated/α-hetero) is 1. The maximum Gasteiger partial charge on any atom is 0.308 e. The third-order valence-corrected chi connectivity index (χ3v) is 3.01. The van der Waals surface area contributed by atoms with Crippen LogP contribution in [-0.2, 0) is 9.53 Å². The van der Waals surface area contributed by atoms with E-state index in [4.69, 9.17) is 11.6 Å². The van der Waals surface area contributed by atoms with Crippen molar-refractivity contribution in [3.63, 3.8) is 0 Å². The molecule has 0 fully saturated rings. The normalized spacial score (nSPS) is 13.7. The van der Waals surface area contributed by atoms with Gasteiger partial charge in [-0.3, -0.25) is 9.59 Å². The number of aliphatic hydroxyl groups is 2. The molecule has 0 radical (unpaired) electrons. The van der Waals surface area contributed by atoms with Gasteiger partial charge < -0.3 is 14.9 Å². The number of methoxy groups -OCH3 is 1. The van der Waals surface area contributed by atoms with Gasteiger partial charge in [-0.1, -0.05) is 17.7 Å². The summed E-state index contributed by atoms with van der Waals surface area (Å²) in [6.07, 6.45) is -2.95. The molecular weight excluding hydrogens is 272 g/mol. The van der Waals surface area contributed by atoms with Gasteiger partial charge in [-0.15, -0.1) is 0 Å². The number of esters is 1. The lowest BCUT2D eigenvalue weighted by Gasteiger charge is -2.18. The van der Waals surface area contributed by atoms with Gasteiger partial charge >= 0.3 is 5.97 Å². The van der Waals surface area contributed by atoms with Crippen LogP contribution in [0.5, 0.6) is 0 Å². The largest absolute Gasteiger partial charge is 0.469 e. The monoisotopic (exact) mass is 286 g/mol. The molecule has 0 heterocycles. The van der Waals surface area contributed by atoms with Crippen LogP contribution in [-0.4, -0.2) is 35.2 Å². The van der Waals surface area contributed by atoms with E-state index in [1.54, 1.807) is 0 Å². The first-order valence-electron chi connectivity index (χ1n) is 5.60. The van der Waals surface area contributed by atoms with Gasteiger partial charge in [0, 0.05) is 5.56 Å². The van der Waals surface area contributed by atoms with E-state index in [1.807, 2.05) is 0 Å². The zero-order valence-corrected chi connectivity index (χ0v) is 11.3. The van der Waals surface area contributed by atoms with Crippen LogP contribution in [0.25, 0.3) is 0 Å². The minimum Gasteiger partial charge on any atom is -0.469 e. The van der Waals surface area contributed by atoms with E-state index in [2.05, 4.69) is 4.74 Å². The minimum atomic E-state index is -1.31. The first-order valence-corrected chi connectivity index (χ1v) is 5.98. The van der Waals surface area contributed by atoms with E-state index in [9.17, 15) is 19.8 Å². The molecule has 2 N–H and O–H groups in total. The Hall–Kier alpha value is -1.43. The second kappa shape index (κ2) is 6.65. The molecule has 5 nitrogen and oxygen atoms in total. The van der Waals surface area contributed by atoms with Crippen molar-refractivity contribution < 1.29 is 24.5 Å². The highest BCUT2D eigenvalue weighted by molar-refractivity contribution is 6.33. The number of ketones is 1. The first kappa shape index (κ1) is 15.6. The standard InChI is InChI=1S/C13H15ClO5/c1-7(15)9-5-8(3-4-10(9)14)13(18)11(16)6-12(17)19-2/h3-5,11,13,16,18H,6H2,1-2H3. The average molecular weight is 287 g/mol. The zero-order chi connectivity index (χ0) is 14.6. The number of hydrogen-bond donors (Lipinski definition) is 2. The van der Waals surface area contributed by atoms with E-state index in [0.29, 0.717) is 5.56 Å². The minimum absolute atomic E-state index is 0.249. The highest BCUT2D eigenvalue weighted by Crippen LogP contribution is 2.25. The van der Waals surface area contributed by atoms with Crippen molar-refractivity contribution >= 4 is 23.4 Å². The lowest BCUT2D eigenvalue weighted by atomic mass is 9.99. The quantitative estimate of drug-likeness (QED) is 0.633. The Bertz CT molecular complexity index is 486. The van der Waals surface area contributed by atoms with E-state index >= 15 is 0 Å². The van der Waals surface area contributed by atoms with Crippen LogP contribution < -0.4 is 0 Å². The number of carbonyl (C=O) groups excluding carboxylic acids is 2. The van der Waals surface area contributed by atoms with Gasteiger partial charge in [0.2, 0.25) is 0 Å². The first-order chi connectivity index (χ1) is 8.86. The molecule has 0 spiro atoms. The van der Waals surface area contributed by atoms with Gasteiger partial charge in [-0.2, -0.15) is 0 Å². The number of hydrogen-bond acceptors (Lipinski definition) is 5. The molecule has 1 aromatic carbocycles. The van der Waals surface area contributed by atoms with Gasteiger partial charge in [0.15, 0.2) is 5.78 Å². The zero-order valence-electron chi connectivity index (χ0n) is 10.6. The number of ether oxygens (including phenoxy) is 1. The molecule has 19 heavy (non-hydrogen) atoms. The maximum absolute atomic E-state index is 11.3. The third-order valence-electron chi connectivity index (χ3n) is 2.68. The second-order valence-electron chi connectivity index (χ2n) is 4.09. The lowest BCUT2D eigenvalue weighted by molar-refractivity contribution is -0.144. The van der Waals surface area contributed by atoms with Crippen molar-refractivity contribution in [2.24, 2.45) is 0 Å². The van der Waals surface area contributed by atoms with Crippen molar-refractivity contribution in [2.45, 2.75) is 25.6 Å². The molecule has 104 valence electrons. The molecule has 6 heteroatoms. The van der Waals surface area contributed by atoms with Crippen molar-refractivity contribution in [3.8, 4) is 0 Å². The molecule has 0 saturated carbocycles. The number of rotatable bonds is 5. The predicted molar refractivity (Wildman–Crippen MR) is 69.1 cm³/mol. The van der Waals surface area contributed by atoms with Crippen LogP contribution in [0.2, 0.25) is 5.02 Å². The summed E-state index contributed by atoms with van der Waals surface area (Å²) in [5, 5.41) is 19.9. The Morgan fingerprint density at radius 1 is 1.37 bits per heavy atom. The highest BCUT2D eigenvalue weighted by atomic mass is 35.5. The van der Waals surface area contributed by atoms with E-state index < -0.39 is 18.2 Å². The van der Waals surface area contributed by atoms with Gasteiger partial charge in [0.1, 0.15) is 6.10 Å². The summed E-state index contributed by atoms with van der Waals surface area (Å²) in [5.41, 5.74) is 0.564. The van der Waals surface area contributed by atoms with Gasteiger partial charge in [-0.25, -0.2) is 0 Å². The molecule has 1 aromatic rings. The summed E-state index contributed by atoms with van der Waals surface area (Å²) in [6, 6.07) is 4.34. The topological polar surface area (TPSA) is 83.8 Å². The van der Waals surface area contributed by atoms with E-state index in [0.717, 1.165) is 0 Å². The summed E-state index contributed by atoms with van der Waals surface area (Å²) in [6.45, 7) is 1.35. The molecule has 0 aromatic heterocycles. The van der Waals surface area contributed by atoms with Gasteiger partial charge in [0.05, 0.1) is 24.7 Å². The fourth-order valence-corrected chi connectivity index (χ4v) is 1.84. The molecule has 2 atom stereocenters. The molecule has 0 aliphatic rings. The van der Waals surface area contributed by atoms with Crippen LogP contribution in [0.4, 0.5) is 0 Å². The number of halogens is 1. The average Bonchev–Trinajstić information content (AvgIpc) is 2.37. The smallest absolute Gasteiger partial charge is 0.308 e. The molecule has 0 aliphatic heterocycles. The molecule has 0 bridgehead atoms. The highest BCUT2D eigenvalue weighted by Gasteiger charge is 2.23. The van der Waals surface area contributed by atoms with Crippen molar-refractivity contribution in [3.05, 3.63) is 34.3 Å². The molecule has 1 rings (SSSR count). The SMILES string of the molecule is COC(=O)CC(O)C(O)c1ccc(Cl)c(C(C)=O)c1. The van der Waals surface area contributed by atoms with E-state index in [1.165, 1.54) is 32.2 Å². The summed E-state index contributed by atoms with van der Waals surface area (Å²) in [5.74, 6) is -0.881. The fourth-order valence-electron chi connectivity index (χ4n) is 1.58. The summed E-state index contributed by atoms with van der Waals surface area (Å²) in [4.78, 5) is 22.4. The van der Waals surface area contributed by atoms with Crippen LogP contribution in [0.1, 0.15) is 35.4 Å². The van der Waals surface area contributed by atoms with Crippen LogP contribution >= 0.6 is 11.6 Å². The van der Waals surface area contributed by atoms with Crippen molar-refractivity contribution in [2.75, 3.05) is 7.11 Å². The Morgan fingerprint density at radius 2 is 2.00 bits per heavy atom. The Labute approximate surface area is 115 Å². The van der Waals surface area contributed by atoms with Crippen LogP contribution in [0.15, 0.2) is 18.2 Å². The van der Waals surface area contributed by atoms with Crippen LogP contribution in [0, 0.1) is 0 Å². The summed E-state index contributed by atoms with van der Waals surface area (Å²) in [7, 11) is 1.19. The van der Waals surface area contributed by atoms with Gasteiger partial charge in [-0.05, 0) is 24.6 Å². The number of benzene rings is 1. The lowest BCUT2D eigenvalue weighted by Crippen LogP contribution is -2.22. The predicted octanol–water partition coefficient (Wildman–Crippen LogP) is 1.50. The number of carbonyl (C=O) groups is 2. The summed E-state index contributed by atoms with van der Waals surface area (Å²) < 4.78 is 4.40. The Balaban J connectivity index is 2.93.